The van der Waals surface area contributed by atoms with Crippen LogP contribution in [0, 0.1) is 5.41 Å². The molecule has 1 aliphatic heterocycles. The van der Waals surface area contributed by atoms with Crippen molar-refractivity contribution in [3.05, 3.63) is 11.5 Å². The molecule has 2 aliphatic carbocycles. The largest absolute Gasteiger partial charge is 0.491 e. The molecular formula is C13H17ClO4. The van der Waals surface area contributed by atoms with Gasteiger partial charge in [-0.05, 0) is 12.8 Å². The molecule has 0 aromatic carbocycles. The molecule has 0 aromatic heterocycles. The topological polar surface area (TPSA) is 44.8 Å². The van der Waals surface area contributed by atoms with E-state index in [-0.39, 0.29) is 16.3 Å². The van der Waals surface area contributed by atoms with E-state index in [1.807, 2.05) is 0 Å². The molecule has 1 saturated carbocycles. The van der Waals surface area contributed by atoms with Gasteiger partial charge in [-0.3, -0.25) is 4.79 Å². The highest BCUT2D eigenvalue weighted by Crippen LogP contribution is 2.71. The standard InChI is InChI=1S/C13H17ClO4/c1-9(15)16-3-2-12-6-10-11(18-5-4-17-10)7-13(12,14)8-12/h2-8H2,1H3/t12-,13-/m0/s1. The van der Waals surface area contributed by atoms with Crippen LogP contribution in [0.4, 0.5) is 0 Å². The van der Waals surface area contributed by atoms with Gasteiger partial charge in [0.15, 0.2) is 0 Å². The van der Waals surface area contributed by atoms with E-state index >= 15 is 0 Å². The fourth-order valence-electron chi connectivity index (χ4n) is 3.11. The van der Waals surface area contributed by atoms with Gasteiger partial charge in [-0.25, -0.2) is 0 Å². The number of halogens is 1. The minimum absolute atomic E-state index is 0.0313. The maximum atomic E-state index is 10.8. The van der Waals surface area contributed by atoms with Gasteiger partial charge >= 0.3 is 5.97 Å². The van der Waals surface area contributed by atoms with E-state index in [0.29, 0.717) is 19.8 Å². The molecule has 100 valence electrons. The van der Waals surface area contributed by atoms with Crippen LogP contribution in [-0.2, 0) is 19.0 Å². The predicted octanol–water partition coefficient (Wildman–Crippen LogP) is 2.36. The summed E-state index contributed by atoms with van der Waals surface area (Å²) in [6.07, 6.45) is 3.30. The highest BCUT2D eigenvalue weighted by Gasteiger charge is 2.69. The van der Waals surface area contributed by atoms with E-state index in [1.54, 1.807) is 0 Å². The average molecular weight is 273 g/mol. The number of hydrogen-bond donors (Lipinski definition) is 0. The molecule has 0 spiro atoms. The number of carbonyl (C=O) groups is 1. The van der Waals surface area contributed by atoms with Crippen molar-refractivity contribution in [1.82, 2.24) is 0 Å². The number of fused-ring (bicyclic) bond motifs is 1. The maximum Gasteiger partial charge on any atom is 0.302 e. The Morgan fingerprint density at radius 1 is 1.33 bits per heavy atom. The van der Waals surface area contributed by atoms with Crippen molar-refractivity contribution < 1.29 is 19.0 Å². The van der Waals surface area contributed by atoms with Crippen molar-refractivity contribution in [1.29, 1.82) is 0 Å². The van der Waals surface area contributed by atoms with Crippen LogP contribution in [0.5, 0.6) is 0 Å². The number of ether oxygens (including phenoxy) is 3. The molecule has 1 fully saturated rings. The van der Waals surface area contributed by atoms with Crippen LogP contribution in [0.3, 0.4) is 0 Å². The van der Waals surface area contributed by atoms with Crippen LogP contribution in [0.2, 0.25) is 0 Å². The second kappa shape index (κ2) is 4.05. The lowest BCUT2D eigenvalue weighted by atomic mass is 9.87. The molecule has 2 atom stereocenters. The summed E-state index contributed by atoms with van der Waals surface area (Å²) in [5, 5.41) is 0. The fourth-order valence-corrected chi connectivity index (χ4v) is 3.64. The van der Waals surface area contributed by atoms with Crippen LogP contribution < -0.4 is 0 Å². The van der Waals surface area contributed by atoms with Crippen LogP contribution in [0.25, 0.3) is 0 Å². The summed E-state index contributed by atoms with van der Waals surface area (Å²) in [6.45, 7) is 3.10. The fraction of sp³-hybridized carbons (Fsp3) is 0.769. The number of rotatable bonds is 3. The molecule has 0 unspecified atom stereocenters. The Kier molecular flexibility index (Phi) is 2.73. The van der Waals surface area contributed by atoms with E-state index in [9.17, 15) is 4.79 Å². The molecule has 0 aromatic rings. The highest BCUT2D eigenvalue weighted by atomic mass is 35.5. The minimum Gasteiger partial charge on any atom is -0.491 e. The van der Waals surface area contributed by atoms with E-state index < -0.39 is 0 Å². The number of esters is 1. The van der Waals surface area contributed by atoms with Gasteiger partial charge in [0.1, 0.15) is 24.7 Å². The van der Waals surface area contributed by atoms with Gasteiger partial charge in [0.25, 0.3) is 0 Å². The Balaban J connectivity index is 1.68. The molecule has 18 heavy (non-hydrogen) atoms. The molecule has 4 nitrogen and oxygen atoms in total. The number of carbonyl (C=O) groups excluding carboxylic acids is 1. The SMILES string of the molecule is CC(=O)OCC[C@@]12CC3=C(C[C@]1(Cl)C2)OCCO3. The number of hydrogen-bond acceptors (Lipinski definition) is 4. The van der Waals surface area contributed by atoms with Gasteiger partial charge in [0, 0.05) is 25.2 Å². The summed E-state index contributed by atoms with van der Waals surface area (Å²) in [5.41, 5.74) is 0.0313. The lowest BCUT2D eigenvalue weighted by Gasteiger charge is -2.32. The molecule has 0 N–H and O–H groups in total. The summed E-state index contributed by atoms with van der Waals surface area (Å²) in [7, 11) is 0. The third-order valence-corrected chi connectivity index (χ3v) is 4.88. The lowest BCUT2D eigenvalue weighted by Crippen LogP contribution is -2.28. The van der Waals surface area contributed by atoms with Gasteiger partial charge in [-0.2, -0.15) is 0 Å². The molecule has 0 radical (unpaired) electrons. The van der Waals surface area contributed by atoms with E-state index in [4.69, 9.17) is 25.8 Å². The first kappa shape index (κ1) is 12.2. The van der Waals surface area contributed by atoms with E-state index in [1.165, 1.54) is 6.92 Å². The molecular weight excluding hydrogens is 256 g/mol. The summed E-state index contributed by atoms with van der Waals surface area (Å²) in [4.78, 5) is 10.6. The first-order chi connectivity index (χ1) is 8.55. The van der Waals surface area contributed by atoms with Crippen LogP contribution >= 0.6 is 11.6 Å². The zero-order valence-electron chi connectivity index (χ0n) is 10.5. The third-order valence-electron chi connectivity index (χ3n) is 4.22. The van der Waals surface area contributed by atoms with Gasteiger partial charge in [0.2, 0.25) is 0 Å². The summed E-state index contributed by atoms with van der Waals surface area (Å²) in [6, 6.07) is 0. The van der Waals surface area contributed by atoms with Crippen molar-refractivity contribution in [2.75, 3.05) is 19.8 Å². The van der Waals surface area contributed by atoms with E-state index in [2.05, 4.69) is 0 Å². The molecule has 5 heteroatoms. The molecule has 0 saturated heterocycles. The van der Waals surface area contributed by atoms with Crippen LogP contribution in [0.15, 0.2) is 11.5 Å². The molecule has 0 amide bonds. The van der Waals surface area contributed by atoms with Crippen LogP contribution in [-0.4, -0.2) is 30.7 Å². The predicted molar refractivity (Wildman–Crippen MR) is 65.0 cm³/mol. The Hall–Kier alpha value is -0.900. The normalized spacial score (nSPS) is 37.0. The monoisotopic (exact) mass is 272 g/mol. The molecule has 1 heterocycles. The van der Waals surface area contributed by atoms with E-state index in [0.717, 1.165) is 37.2 Å². The zero-order valence-corrected chi connectivity index (χ0v) is 11.2. The molecule has 3 aliphatic rings. The van der Waals surface area contributed by atoms with Crippen molar-refractivity contribution in [2.24, 2.45) is 5.41 Å². The Bertz CT molecular complexity index is 419. The summed E-state index contributed by atoms with van der Waals surface area (Å²) >= 11 is 6.63. The average Bonchev–Trinajstić information content (AvgIpc) is 2.89. The molecule has 0 bridgehead atoms. The zero-order chi connectivity index (χ0) is 12.8. The summed E-state index contributed by atoms with van der Waals surface area (Å²) < 4.78 is 16.3. The Labute approximate surface area is 111 Å². The van der Waals surface area contributed by atoms with Gasteiger partial charge in [0.05, 0.1) is 11.5 Å². The van der Waals surface area contributed by atoms with Gasteiger partial charge < -0.3 is 14.2 Å². The molecule has 3 rings (SSSR count). The number of allylic oxidation sites excluding steroid dienone is 2. The number of alkyl halides is 1. The third kappa shape index (κ3) is 1.87. The maximum absolute atomic E-state index is 10.8. The van der Waals surface area contributed by atoms with Gasteiger partial charge in [-0.1, -0.05) is 0 Å². The first-order valence-electron chi connectivity index (χ1n) is 6.35. The first-order valence-corrected chi connectivity index (χ1v) is 6.72. The second-order valence-corrected chi connectivity index (χ2v) is 6.13. The Morgan fingerprint density at radius 2 is 2.00 bits per heavy atom. The Morgan fingerprint density at radius 3 is 2.67 bits per heavy atom. The quantitative estimate of drug-likeness (QED) is 0.584. The van der Waals surface area contributed by atoms with Crippen molar-refractivity contribution in [3.63, 3.8) is 0 Å². The highest BCUT2D eigenvalue weighted by molar-refractivity contribution is 6.27. The van der Waals surface area contributed by atoms with Crippen molar-refractivity contribution in [3.8, 4) is 0 Å². The van der Waals surface area contributed by atoms with Crippen molar-refractivity contribution in [2.45, 2.75) is 37.5 Å². The smallest absolute Gasteiger partial charge is 0.302 e. The minimum atomic E-state index is -0.236. The second-order valence-electron chi connectivity index (χ2n) is 5.41. The van der Waals surface area contributed by atoms with Crippen LogP contribution in [0.1, 0.15) is 32.6 Å². The lowest BCUT2D eigenvalue weighted by molar-refractivity contribution is -0.141. The summed E-state index contributed by atoms with van der Waals surface area (Å²) in [5.74, 6) is 1.65. The van der Waals surface area contributed by atoms with Crippen molar-refractivity contribution >= 4 is 17.6 Å². The van der Waals surface area contributed by atoms with Gasteiger partial charge in [-0.15, -0.1) is 11.6 Å².